The number of thiophene rings is 1. The molecule has 0 radical (unpaired) electrons. The van der Waals surface area contributed by atoms with Crippen LogP contribution in [0, 0.1) is 0 Å². The van der Waals surface area contributed by atoms with Gasteiger partial charge >= 0.3 is 0 Å². The second kappa shape index (κ2) is 5.98. The van der Waals surface area contributed by atoms with Gasteiger partial charge in [-0.05, 0) is 44.0 Å². The minimum Gasteiger partial charge on any atom is -0.384 e. The molecule has 0 bridgehead atoms. The molecule has 0 amide bonds. The van der Waals surface area contributed by atoms with E-state index in [-0.39, 0.29) is 0 Å². The van der Waals surface area contributed by atoms with E-state index in [4.69, 9.17) is 5.73 Å². The van der Waals surface area contributed by atoms with Crippen LogP contribution in [0.3, 0.4) is 0 Å². The van der Waals surface area contributed by atoms with Crippen molar-refractivity contribution >= 4 is 17.2 Å². The van der Waals surface area contributed by atoms with Crippen LogP contribution in [0.25, 0.3) is 0 Å². The number of pyridine rings is 1. The van der Waals surface area contributed by atoms with Crippen LogP contribution in [0.15, 0.2) is 35.7 Å². The number of nitrogens with zero attached hydrogens (tertiary/aromatic N) is 2. The molecule has 3 nitrogen and oxygen atoms in total. The minimum atomic E-state index is 0.492. The van der Waals surface area contributed by atoms with Gasteiger partial charge in [0.15, 0.2) is 0 Å². The average molecular weight is 261 g/mol. The molecule has 18 heavy (non-hydrogen) atoms. The SMILES string of the molecule is CC(Cc1cccs1)N(C)Cc1cccc(N)n1. The first-order chi connectivity index (χ1) is 8.65. The van der Waals surface area contributed by atoms with E-state index in [1.54, 1.807) is 0 Å². The highest BCUT2D eigenvalue weighted by Gasteiger charge is 2.11. The lowest BCUT2D eigenvalue weighted by Crippen LogP contribution is -2.30. The molecule has 1 atom stereocenters. The summed E-state index contributed by atoms with van der Waals surface area (Å²) in [7, 11) is 2.13. The number of hydrogen-bond donors (Lipinski definition) is 1. The number of rotatable bonds is 5. The average Bonchev–Trinajstić information content (AvgIpc) is 2.81. The van der Waals surface area contributed by atoms with Crippen molar-refractivity contribution in [1.82, 2.24) is 9.88 Å². The van der Waals surface area contributed by atoms with E-state index >= 15 is 0 Å². The monoisotopic (exact) mass is 261 g/mol. The van der Waals surface area contributed by atoms with Gasteiger partial charge in [0.05, 0.1) is 5.69 Å². The van der Waals surface area contributed by atoms with Gasteiger partial charge in [-0.25, -0.2) is 4.98 Å². The van der Waals surface area contributed by atoms with E-state index in [1.807, 2.05) is 29.5 Å². The number of nitrogen functional groups attached to an aromatic ring is 1. The Labute approximate surface area is 112 Å². The molecule has 2 N–H and O–H groups in total. The maximum absolute atomic E-state index is 5.69. The van der Waals surface area contributed by atoms with Gasteiger partial charge in [0.2, 0.25) is 0 Å². The summed E-state index contributed by atoms with van der Waals surface area (Å²) in [5.41, 5.74) is 6.72. The summed E-state index contributed by atoms with van der Waals surface area (Å²) in [5, 5.41) is 2.13. The molecule has 4 heteroatoms. The highest BCUT2D eigenvalue weighted by Crippen LogP contribution is 2.14. The van der Waals surface area contributed by atoms with Crippen LogP contribution in [0.2, 0.25) is 0 Å². The number of aromatic nitrogens is 1. The molecule has 2 aromatic rings. The molecule has 0 aromatic carbocycles. The zero-order chi connectivity index (χ0) is 13.0. The molecule has 0 spiro atoms. The third kappa shape index (κ3) is 3.55. The molecule has 2 rings (SSSR count). The largest absolute Gasteiger partial charge is 0.384 e. The summed E-state index contributed by atoms with van der Waals surface area (Å²) in [6.45, 7) is 3.07. The molecule has 1 unspecified atom stereocenters. The third-order valence-electron chi connectivity index (χ3n) is 3.07. The lowest BCUT2D eigenvalue weighted by molar-refractivity contribution is 0.246. The van der Waals surface area contributed by atoms with Crippen LogP contribution < -0.4 is 5.73 Å². The van der Waals surface area contributed by atoms with Gasteiger partial charge in [-0.2, -0.15) is 0 Å². The van der Waals surface area contributed by atoms with E-state index in [0.29, 0.717) is 11.9 Å². The van der Waals surface area contributed by atoms with Crippen LogP contribution in [0.1, 0.15) is 17.5 Å². The van der Waals surface area contributed by atoms with Crippen molar-refractivity contribution in [3.8, 4) is 0 Å². The van der Waals surface area contributed by atoms with E-state index in [2.05, 4.69) is 41.4 Å². The maximum Gasteiger partial charge on any atom is 0.123 e. The smallest absolute Gasteiger partial charge is 0.123 e. The molecular weight excluding hydrogens is 242 g/mol. The summed E-state index contributed by atoms with van der Waals surface area (Å²) in [6, 6.07) is 10.6. The second-order valence-corrected chi connectivity index (χ2v) is 5.63. The van der Waals surface area contributed by atoms with Crippen molar-refractivity contribution in [3.05, 3.63) is 46.3 Å². The lowest BCUT2D eigenvalue weighted by atomic mass is 10.2. The molecule has 0 saturated heterocycles. The van der Waals surface area contributed by atoms with Gasteiger partial charge < -0.3 is 5.73 Å². The van der Waals surface area contributed by atoms with Crippen molar-refractivity contribution in [2.24, 2.45) is 0 Å². The minimum absolute atomic E-state index is 0.492. The Bertz CT molecular complexity index is 482. The molecule has 96 valence electrons. The van der Waals surface area contributed by atoms with Crippen molar-refractivity contribution in [3.63, 3.8) is 0 Å². The Balaban J connectivity index is 1.93. The molecule has 0 fully saturated rings. The molecule has 2 heterocycles. The molecule has 0 saturated carbocycles. The summed E-state index contributed by atoms with van der Waals surface area (Å²) in [6.07, 6.45) is 1.08. The predicted molar refractivity (Wildman–Crippen MR) is 77.6 cm³/mol. The Morgan fingerprint density at radius 3 is 2.83 bits per heavy atom. The summed E-state index contributed by atoms with van der Waals surface area (Å²) in [5.74, 6) is 0.590. The third-order valence-corrected chi connectivity index (χ3v) is 3.97. The van der Waals surface area contributed by atoms with Gasteiger partial charge in [0.25, 0.3) is 0 Å². The van der Waals surface area contributed by atoms with Crippen molar-refractivity contribution in [2.45, 2.75) is 25.9 Å². The Morgan fingerprint density at radius 1 is 1.33 bits per heavy atom. The van der Waals surface area contributed by atoms with Gasteiger partial charge in [0, 0.05) is 17.5 Å². The van der Waals surface area contributed by atoms with Gasteiger partial charge in [0.1, 0.15) is 5.82 Å². The fourth-order valence-electron chi connectivity index (χ4n) is 1.87. The van der Waals surface area contributed by atoms with Gasteiger partial charge in [-0.3, -0.25) is 4.90 Å². The highest BCUT2D eigenvalue weighted by molar-refractivity contribution is 7.09. The molecule has 0 aliphatic rings. The van der Waals surface area contributed by atoms with Crippen molar-refractivity contribution in [2.75, 3.05) is 12.8 Å². The normalized spacial score (nSPS) is 12.8. The topological polar surface area (TPSA) is 42.1 Å². The first-order valence-electron chi connectivity index (χ1n) is 6.09. The van der Waals surface area contributed by atoms with Gasteiger partial charge in [-0.1, -0.05) is 12.1 Å². The second-order valence-electron chi connectivity index (χ2n) is 4.60. The van der Waals surface area contributed by atoms with Crippen LogP contribution in [0.4, 0.5) is 5.82 Å². The van der Waals surface area contributed by atoms with Gasteiger partial charge in [-0.15, -0.1) is 11.3 Å². The standard InChI is InChI=1S/C14H19N3S/c1-11(9-13-6-4-8-18-13)17(2)10-12-5-3-7-14(15)16-12/h3-8,11H,9-10H2,1-2H3,(H2,15,16). The highest BCUT2D eigenvalue weighted by atomic mass is 32.1. The Hall–Kier alpha value is -1.39. The molecule has 0 aliphatic carbocycles. The van der Waals surface area contributed by atoms with E-state index in [0.717, 1.165) is 18.7 Å². The Kier molecular flexibility index (Phi) is 4.33. The zero-order valence-electron chi connectivity index (χ0n) is 10.8. The number of nitrogens with two attached hydrogens (primary N) is 1. The van der Waals surface area contributed by atoms with Crippen LogP contribution in [-0.4, -0.2) is 23.0 Å². The van der Waals surface area contributed by atoms with Crippen LogP contribution >= 0.6 is 11.3 Å². The predicted octanol–water partition coefficient (Wildman–Crippen LogP) is 2.79. The summed E-state index contributed by atoms with van der Waals surface area (Å²) < 4.78 is 0. The molecular formula is C14H19N3S. The number of anilines is 1. The fraction of sp³-hybridized carbons (Fsp3) is 0.357. The van der Waals surface area contributed by atoms with Crippen LogP contribution in [0.5, 0.6) is 0 Å². The molecule has 0 aliphatic heterocycles. The summed E-state index contributed by atoms with van der Waals surface area (Å²) >= 11 is 1.82. The fourth-order valence-corrected chi connectivity index (χ4v) is 2.70. The van der Waals surface area contributed by atoms with E-state index in [1.165, 1.54) is 4.88 Å². The quantitative estimate of drug-likeness (QED) is 0.900. The van der Waals surface area contributed by atoms with Crippen LogP contribution in [-0.2, 0) is 13.0 Å². The van der Waals surface area contributed by atoms with Crippen molar-refractivity contribution in [1.29, 1.82) is 0 Å². The maximum atomic E-state index is 5.69. The first kappa shape index (κ1) is 13.1. The van der Waals surface area contributed by atoms with E-state index in [9.17, 15) is 0 Å². The number of hydrogen-bond acceptors (Lipinski definition) is 4. The Morgan fingerprint density at radius 2 is 2.17 bits per heavy atom. The van der Waals surface area contributed by atoms with Crippen molar-refractivity contribution < 1.29 is 0 Å². The van der Waals surface area contributed by atoms with E-state index < -0.39 is 0 Å². The first-order valence-corrected chi connectivity index (χ1v) is 6.97. The lowest BCUT2D eigenvalue weighted by Gasteiger charge is -2.24. The summed E-state index contributed by atoms with van der Waals surface area (Å²) in [4.78, 5) is 8.06. The molecule has 2 aromatic heterocycles. The number of likely N-dealkylation sites (N-methyl/N-ethyl adjacent to an activating group) is 1. The zero-order valence-corrected chi connectivity index (χ0v) is 11.7.